The Morgan fingerprint density at radius 2 is 2.06 bits per heavy atom. The second kappa shape index (κ2) is 5.32. The van der Waals surface area contributed by atoms with Crippen LogP contribution in [-0.2, 0) is 0 Å². The van der Waals surface area contributed by atoms with Crippen molar-refractivity contribution in [3.8, 4) is 0 Å². The minimum absolute atomic E-state index is 0.362. The molecular weight excluding hydrogens is 210 g/mol. The average Bonchev–Trinajstić information content (AvgIpc) is 2.78. The number of rotatable bonds is 5. The Bertz CT molecular complexity index is 475. The SMILES string of the molecule is CCCNC(C)C(C)n1ncc2ccccc21. The van der Waals surface area contributed by atoms with Gasteiger partial charge in [0, 0.05) is 11.4 Å². The van der Waals surface area contributed by atoms with E-state index in [1.807, 2.05) is 6.20 Å². The predicted octanol–water partition coefficient (Wildman–Crippen LogP) is 2.99. The summed E-state index contributed by atoms with van der Waals surface area (Å²) < 4.78 is 2.11. The molecule has 0 aliphatic rings. The van der Waals surface area contributed by atoms with Gasteiger partial charge >= 0.3 is 0 Å². The van der Waals surface area contributed by atoms with Crippen LogP contribution < -0.4 is 5.32 Å². The van der Waals surface area contributed by atoms with Gasteiger partial charge in [-0.05, 0) is 32.9 Å². The van der Waals surface area contributed by atoms with Gasteiger partial charge in [-0.2, -0.15) is 5.10 Å². The van der Waals surface area contributed by atoms with E-state index in [4.69, 9.17) is 0 Å². The average molecular weight is 231 g/mol. The van der Waals surface area contributed by atoms with Gasteiger partial charge in [0.2, 0.25) is 0 Å². The molecule has 2 unspecified atom stereocenters. The third-order valence-electron chi connectivity index (χ3n) is 3.33. The molecule has 1 N–H and O–H groups in total. The maximum atomic E-state index is 4.50. The first kappa shape index (κ1) is 12.1. The van der Waals surface area contributed by atoms with Crippen LogP contribution in [0.5, 0.6) is 0 Å². The van der Waals surface area contributed by atoms with Crippen LogP contribution in [0.4, 0.5) is 0 Å². The van der Waals surface area contributed by atoms with Gasteiger partial charge in [0.05, 0.1) is 17.8 Å². The fraction of sp³-hybridized carbons (Fsp3) is 0.500. The van der Waals surface area contributed by atoms with Gasteiger partial charge in [-0.25, -0.2) is 0 Å². The number of fused-ring (bicyclic) bond motifs is 1. The standard InChI is InChI=1S/C14H21N3/c1-4-9-15-11(2)12(3)17-14-8-6-5-7-13(14)10-16-17/h5-8,10-12,15H,4,9H2,1-3H3. The Kier molecular flexibility index (Phi) is 3.79. The van der Waals surface area contributed by atoms with Crippen molar-refractivity contribution >= 4 is 10.9 Å². The van der Waals surface area contributed by atoms with Crippen LogP contribution in [0.25, 0.3) is 10.9 Å². The highest BCUT2D eigenvalue weighted by molar-refractivity contribution is 5.78. The lowest BCUT2D eigenvalue weighted by Gasteiger charge is -2.22. The van der Waals surface area contributed by atoms with Crippen LogP contribution in [0.15, 0.2) is 30.5 Å². The van der Waals surface area contributed by atoms with Crippen LogP contribution in [0, 0.1) is 0 Å². The monoisotopic (exact) mass is 231 g/mol. The lowest BCUT2D eigenvalue weighted by Crippen LogP contribution is -2.34. The fourth-order valence-corrected chi connectivity index (χ4v) is 2.07. The van der Waals surface area contributed by atoms with Crippen molar-refractivity contribution in [2.45, 2.75) is 39.3 Å². The van der Waals surface area contributed by atoms with Crippen molar-refractivity contribution in [2.75, 3.05) is 6.54 Å². The van der Waals surface area contributed by atoms with Crippen molar-refractivity contribution < 1.29 is 0 Å². The first-order valence-electron chi connectivity index (χ1n) is 6.39. The highest BCUT2D eigenvalue weighted by atomic mass is 15.3. The lowest BCUT2D eigenvalue weighted by molar-refractivity contribution is 0.375. The van der Waals surface area contributed by atoms with Crippen molar-refractivity contribution in [2.24, 2.45) is 0 Å². The summed E-state index contributed by atoms with van der Waals surface area (Å²) in [5, 5.41) is 9.24. The Hall–Kier alpha value is -1.35. The summed E-state index contributed by atoms with van der Waals surface area (Å²) in [6.45, 7) is 7.68. The largest absolute Gasteiger partial charge is 0.312 e. The van der Waals surface area contributed by atoms with Crippen molar-refractivity contribution in [1.82, 2.24) is 15.1 Å². The van der Waals surface area contributed by atoms with Crippen molar-refractivity contribution in [3.05, 3.63) is 30.5 Å². The number of benzene rings is 1. The molecule has 0 amide bonds. The molecular formula is C14H21N3. The molecule has 0 aliphatic carbocycles. The minimum Gasteiger partial charge on any atom is -0.312 e. The quantitative estimate of drug-likeness (QED) is 0.857. The smallest absolute Gasteiger partial charge is 0.0686 e. The van der Waals surface area contributed by atoms with E-state index in [0.717, 1.165) is 13.0 Å². The van der Waals surface area contributed by atoms with E-state index in [-0.39, 0.29) is 0 Å². The summed E-state index contributed by atoms with van der Waals surface area (Å²) in [7, 11) is 0. The topological polar surface area (TPSA) is 29.9 Å². The molecule has 2 atom stereocenters. The Labute approximate surface area is 103 Å². The van der Waals surface area contributed by atoms with Gasteiger partial charge in [0.25, 0.3) is 0 Å². The Morgan fingerprint density at radius 1 is 1.29 bits per heavy atom. The van der Waals surface area contributed by atoms with Crippen LogP contribution >= 0.6 is 0 Å². The van der Waals surface area contributed by atoms with E-state index in [1.54, 1.807) is 0 Å². The van der Waals surface area contributed by atoms with Crippen LogP contribution in [0.1, 0.15) is 33.2 Å². The van der Waals surface area contributed by atoms with E-state index < -0.39 is 0 Å². The van der Waals surface area contributed by atoms with E-state index in [1.165, 1.54) is 10.9 Å². The summed E-state index contributed by atoms with van der Waals surface area (Å²) in [4.78, 5) is 0. The molecule has 0 spiro atoms. The molecule has 17 heavy (non-hydrogen) atoms. The molecule has 1 aromatic heterocycles. The lowest BCUT2D eigenvalue weighted by atomic mass is 10.1. The summed E-state index contributed by atoms with van der Waals surface area (Å²) in [5.74, 6) is 0. The summed E-state index contributed by atoms with van der Waals surface area (Å²) >= 11 is 0. The van der Waals surface area contributed by atoms with E-state index >= 15 is 0 Å². The van der Waals surface area contributed by atoms with Gasteiger partial charge in [-0.1, -0.05) is 25.1 Å². The predicted molar refractivity (Wildman–Crippen MR) is 72.2 cm³/mol. The fourth-order valence-electron chi connectivity index (χ4n) is 2.07. The normalized spacial score (nSPS) is 15.0. The van der Waals surface area contributed by atoms with Gasteiger partial charge in [-0.3, -0.25) is 4.68 Å². The molecule has 2 rings (SSSR count). The first-order valence-corrected chi connectivity index (χ1v) is 6.39. The second-order valence-corrected chi connectivity index (χ2v) is 4.63. The molecule has 0 fully saturated rings. The number of hydrogen-bond acceptors (Lipinski definition) is 2. The van der Waals surface area contributed by atoms with Crippen LogP contribution in [-0.4, -0.2) is 22.4 Å². The van der Waals surface area contributed by atoms with Gasteiger partial charge < -0.3 is 5.32 Å². The van der Waals surface area contributed by atoms with Gasteiger partial charge in [-0.15, -0.1) is 0 Å². The molecule has 0 radical (unpaired) electrons. The summed E-state index contributed by atoms with van der Waals surface area (Å²) in [5.41, 5.74) is 1.21. The third kappa shape index (κ3) is 2.50. The molecule has 0 saturated carbocycles. The molecule has 0 saturated heterocycles. The molecule has 0 bridgehead atoms. The van der Waals surface area contributed by atoms with Gasteiger partial charge in [0.15, 0.2) is 0 Å². The van der Waals surface area contributed by atoms with Crippen molar-refractivity contribution in [1.29, 1.82) is 0 Å². The highest BCUT2D eigenvalue weighted by Gasteiger charge is 2.15. The van der Waals surface area contributed by atoms with Crippen molar-refractivity contribution in [3.63, 3.8) is 0 Å². The zero-order valence-corrected chi connectivity index (χ0v) is 10.9. The maximum absolute atomic E-state index is 4.50. The van der Waals surface area contributed by atoms with Crippen LogP contribution in [0.2, 0.25) is 0 Å². The molecule has 3 heteroatoms. The number of nitrogens with one attached hydrogen (secondary N) is 1. The molecule has 1 heterocycles. The van der Waals surface area contributed by atoms with E-state index in [9.17, 15) is 0 Å². The summed E-state index contributed by atoms with van der Waals surface area (Å²) in [6.07, 6.45) is 3.11. The third-order valence-corrected chi connectivity index (χ3v) is 3.33. The minimum atomic E-state index is 0.362. The molecule has 1 aromatic carbocycles. The number of nitrogens with zero attached hydrogens (tertiary/aromatic N) is 2. The molecule has 0 aliphatic heterocycles. The number of hydrogen-bond donors (Lipinski definition) is 1. The zero-order valence-electron chi connectivity index (χ0n) is 10.9. The zero-order chi connectivity index (χ0) is 12.3. The maximum Gasteiger partial charge on any atom is 0.0686 e. The number of aromatic nitrogens is 2. The van der Waals surface area contributed by atoms with E-state index in [0.29, 0.717) is 12.1 Å². The van der Waals surface area contributed by atoms with E-state index in [2.05, 4.69) is 60.1 Å². The number of para-hydroxylation sites is 1. The Morgan fingerprint density at radius 3 is 2.82 bits per heavy atom. The first-order chi connectivity index (χ1) is 8.24. The Balaban J connectivity index is 2.21. The molecule has 3 nitrogen and oxygen atoms in total. The second-order valence-electron chi connectivity index (χ2n) is 4.63. The van der Waals surface area contributed by atoms with Crippen LogP contribution in [0.3, 0.4) is 0 Å². The molecule has 2 aromatic rings. The summed E-state index contributed by atoms with van der Waals surface area (Å²) in [6, 6.07) is 9.15. The highest BCUT2D eigenvalue weighted by Crippen LogP contribution is 2.19. The molecule has 92 valence electrons. The van der Waals surface area contributed by atoms with Gasteiger partial charge in [0.1, 0.15) is 0 Å².